The first-order valence-electron chi connectivity index (χ1n) is 6.68. The molecule has 2 atom stereocenters. The van der Waals surface area contributed by atoms with Gasteiger partial charge in [-0.1, -0.05) is 39.3 Å². The van der Waals surface area contributed by atoms with E-state index in [1.807, 2.05) is 12.1 Å². The zero-order valence-corrected chi connectivity index (χ0v) is 11.2. The summed E-state index contributed by atoms with van der Waals surface area (Å²) in [5.41, 5.74) is 16.1. The highest BCUT2D eigenvalue weighted by Crippen LogP contribution is 2.45. The maximum Gasteiger partial charge on any atom is 0.0464 e. The number of rotatable bonds is 2. The molecule has 4 N–H and O–H groups in total. The molecule has 2 unspecified atom stereocenters. The van der Waals surface area contributed by atoms with Crippen molar-refractivity contribution in [2.45, 2.75) is 45.6 Å². The molecule has 1 aliphatic rings. The first-order chi connectivity index (χ1) is 8.01. The quantitative estimate of drug-likeness (QED) is 0.770. The SMILES string of the molecule is CCC1CCc2c(N)cccc2C1(N)C(C)C. The van der Waals surface area contributed by atoms with Crippen LogP contribution >= 0.6 is 0 Å². The predicted octanol–water partition coefficient (Wildman–Crippen LogP) is 3.05. The molecule has 1 aromatic rings. The Kier molecular flexibility index (Phi) is 3.17. The second-order valence-electron chi connectivity index (χ2n) is 5.60. The van der Waals surface area contributed by atoms with E-state index in [2.05, 4.69) is 26.8 Å². The zero-order chi connectivity index (χ0) is 12.6. The van der Waals surface area contributed by atoms with Crippen molar-refractivity contribution in [1.29, 1.82) is 0 Å². The maximum absolute atomic E-state index is 6.78. The van der Waals surface area contributed by atoms with E-state index in [4.69, 9.17) is 11.5 Å². The summed E-state index contributed by atoms with van der Waals surface area (Å²) in [6.07, 6.45) is 3.38. The highest BCUT2D eigenvalue weighted by atomic mass is 14.8. The Morgan fingerprint density at radius 1 is 1.41 bits per heavy atom. The smallest absolute Gasteiger partial charge is 0.0464 e. The normalized spacial score (nSPS) is 28.2. The van der Waals surface area contributed by atoms with Crippen molar-refractivity contribution < 1.29 is 0 Å². The van der Waals surface area contributed by atoms with E-state index in [0.29, 0.717) is 11.8 Å². The number of hydrogen-bond acceptors (Lipinski definition) is 2. The van der Waals surface area contributed by atoms with Crippen LogP contribution in [0.25, 0.3) is 0 Å². The summed E-state index contributed by atoms with van der Waals surface area (Å²) >= 11 is 0. The summed E-state index contributed by atoms with van der Waals surface area (Å²) in [6, 6.07) is 6.20. The fourth-order valence-electron chi connectivity index (χ4n) is 3.39. The summed E-state index contributed by atoms with van der Waals surface area (Å²) in [7, 11) is 0. The predicted molar refractivity (Wildman–Crippen MR) is 73.7 cm³/mol. The molecule has 1 aliphatic carbocycles. The molecule has 0 saturated heterocycles. The second-order valence-corrected chi connectivity index (χ2v) is 5.60. The van der Waals surface area contributed by atoms with Crippen molar-refractivity contribution in [1.82, 2.24) is 0 Å². The van der Waals surface area contributed by atoms with Gasteiger partial charge in [-0.25, -0.2) is 0 Å². The van der Waals surface area contributed by atoms with Crippen molar-refractivity contribution in [2.24, 2.45) is 17.6 Å². The lowest BCUT2D eigenvalue weighted by atomic mass is 9.63. The molecule has 0 bridgehead atoms. The van der Waals surface area contributed by atoms with E-state index >= 15 is 0 Å². The molecule has 94 valence electrons. The summed E-state index contributed by atoms with van der Waals surface area (Å²) < 4.78 is 0. The van der Waals surface area contributed by atoms with Crippen LogP contribution in [0.3, 0.4) is 0 Å². The Morgan fingerprint density at radius 3 is 2.71 bits per heavy atom. The van der Waals surface area contributed by atoms with Gasteiger partial charge in [0.2, 0.25) is 0 Å². The van der Waals surface area contributed by atoms with Crippen molar-refractivity contribution in [3.05, 3.63) is 29.3 Å². The van der Waals surface area contributed by atoms with Gasteiger partial charge in [-0.05, 0) is 41.9 Å². The number of nitrogen functional groups attached to an aromatic ring is 1. The third-order valence-corrected chi connectivity index (χ3v) is 4.55. The van der Waals surface area contributed by atoms with Crippen LogP contribution in [0.2, 0.25) is 0 Å². The average molecular weight is 232 g/mol. The van der Waals surface area contributed by atoms with E-state index in [-0.39, 0.29) is 5.54 Å². The van der Waals surface area contributed by atoms with Crippen LogP contribution in [-0.4, -0.2) is 0 Å². The Balaban J connectivity index is 2.59. The van der Waals surface area contributed by atoms with Gasteiger partial charge >= 0.3 is 0 Å². The first kappa shape index (κ1) is 12.4. The molecule has 17 heavy (non-hydrogen) atoms. The molecule has 2 rings (SSSR count). The lowest BCUT2D eigenvalue weighted by molar-refractivity contribution is 0.167. The van der Waals surface area contributed by atoms with Gasteiger partial charge in [0, 0.05) is 11.2 Å². The molecule has 0 spiro atoms. The van der Waals surface area contributed by atoms with Crippen LogP contribution in [0.15, 0.2) is 18.2 Å². The van der Waals surface area contributed by atoms with Gasteiger partial charge in [-0.3, -0.25) is 0 Å². The minimum atomic E-state index is -0.211. The van der Waals surface area contributed by atoms with E-state index in [0.717, 1.165) is 24.9 Å². The molecule has 0 aromatic heterocycles. The van der Waals surface area contributed by atoms with Crippen LogP contribution < -0.4 is 11.5 Å². The molecule has 0 saturated carbocycles. The third kappa shape index (κ3) is 1.75. The van der Waals surface area contributed by atoms with Crippen molar-refractivity contribution >= 4 is 5.69 Å². The number of anilines is 1. The minimum Gasteiger partial charge on any atom is -0.398 e. The zero-order valence-electron chi connectivity index (χ0n) is 11.2. The van der Waals surface area contributed by atoms with Gasteiger partial charge < -0.3 is 11.5 Å². The monoisotopic (exact) mass is 232 g/mol. The third-order valence-electron chi connectivity index (χ3n) is 4.55. The number of hydrogen-bond donors (Lipinski definition) is 2. The molecular weight excluding hydrogens is 208 g/mol. The van der Waals surface area contributed by atoms with Crippen LogP contribution in [0.5, 0.6) is 0 Å². The lowest BCUT2D eigenvalue weighted by Gasteiger charge is -2.46. The Hall–Kier alpha value is -1.02. The van der Waals surface area contributed by atoms with Gasteiger partial charge in [0.25, 0.3) is 0 Å². The van der Waals surface area contributed by atoms with Crippen molar-refractivity contribution in [2.75, 3.05) is 5.73 Å². The molecule has 0 amide bonds. The fraction of sp³-hybridized carbons (Fsp3) is 0.600. The van der Waals surface area contributed by atoms with Crippen LogP contribution in [0.4, 0.5) is 5.69 Å². The topological polar surface area (TPSA) is 52.0 Å². The summed E-state index contributed by atoms with van der Waals surface area (Å²) in [5, 5.41) is 0. The van der Waals surface area contributed by atoms with Gasteiger partial charge in [0.05, 0.1) is 0 Å². The average Bonchev–Trinajstić information content (AvgIpc) is 2.30. The molecular formula is C15H24N2. The van der Waals surface area contributed by atoms with Crippen LogP contribution in [0, 0.1) is 11.8 Å². The van der Waals surface area contributed by atoms with Gasteiger partial charge in [0.15, 0.2) is 0 Å². The minimum absolute atomic E-state index is 0.211. The van der Waals surface area contributed by atoms with Gasteiger partial charge in [-0.2, -0.15) is 0 Å². The summed E-state index contributed by atoms with van der Waals surface area (Å²) in [4.78, 5) is 0. The highest BCUT2D eigenvalue weighted by molar-refractivity contribution is 5.54. The molecule has 2 heteroatoms. The largest absolute Gasteiger partial charge is 0.398 e. The summed E-state index contributed by atoms with van der Waals surface area (Å²) in [6.45, 7) is 6.69. The molecule has 1 aromatic carbocycles. The molecule has 2 nitrogen and oxygen atoms in total. The standard InChI is InChI=1S/C15H24N2/c1-4-11-8-9-12-13(6-5-7-14(12)16)15(11,17)10(2)3/h5-7,10-11H,4,8-9,16-17H2,1-3H3. The van der Waals surface area contributed by atoms with E-state index in [1.165, 1.54) is 11.1 Å². The molecule has 0 radical (unpaired) electrons. The maximum atomic E-state index is 6.78. The van der Waals surface area contributed by atoms with Gasteiger partial charge in [-0.15, -0.1) is 0 Å². The van der Waals surface area contributed by atoms with E-state index in [9.17, 15) is 0 Å². The Labute approximate surface area is 104 Å². The Bertz CT molecular complexity index is 411. The fourth-order valence-corrected chi connectivity index (χ4v) is 3.39. The molecule has 0 heterocycles. The van der Waals surface area contributed by atoms with Gasteiger partial charge in [0.1, 0.15) is 0 Å². The number of fused-ring (bicyclic) bond motifs is 1. The summed E-state index contributed by atoms with van der Waals surface area (Å²) in [5.74, 6) is 1.00. The highest BCUT2D eigenvalue weighted by Gasteiger charge is 2.42. The molecule has 0 aliphatic heterocycles. The molecule has 0 fully saturated rings. The lowest BCUT2D eigenvalue weighted by Crippen LogP contribution is -2.51. The van der Waals surface area contributed by atoms with Crippen molar-refractivity contribution in [3.8, 4) is 0 Å². The number of nitrogens with two attached hydrogens (primary N) is 2. The first-order valence-corrected chi connectivity index (χ1v) is 6.68. The number of benzene rings is 1. The van der Waals surface area contributed by atoms with Crippen LogP contribution in [-0.2, 0) is 12.0 Å². The second kappa shape index (κ2) is 4.34. The van der Waals surface area contributed by atoms with E-state index in [1.54, 1.807) is 0 Å². The van der Waals surface area contributed by atoms with E-state index < -0.39 is 0 Å². The Morgan fingerprint density at radius 2 is 2.12 bits per heavy atom. The van der Waals surface area contributed by atoms with Crippen molar-refractivity contribution in [3.63, 3.8) is 0 Å². The van der Waals surface area contributed by atoms with Crippen LogP contribution in [0.1, 0.15) is 44.7 Å².